The number of hydrogen-bond donors (Lipinski definition) is 2. The zero-order valence-corrected chi connectivity index (χ0v) is 11.4. The summed E-state index contributed by atoms with van der Waals surface area (Å²) in [5.74, 6) is 1.14. The molecule has 16 heavy (non-hydrogen) atoms. The molecule has 0 aliphatic carbocycles. The molecule has 0 amide bonds. The first-order chi connectivity index (χ1) is 7.51. The maximum absolute atomic E-state index is 9.08. The van der Waals surface area contributed by atoms with Crippen molar-refractivity contribution in [1.82, 2.24) is 0 Å². The Hall–Kier alpha value is -0.580. The molecule has 0 bridgehead atoms. The second kappa shape index (κ2) is 5.66. The molecule has 0 fully saturated rings. The van der Waals surface area contributed by atoms with E-state index in [1.165, 1.54) is 5.56 Å². The van der Waals surface area contributed by atoms with Crippen molar-refractivity contribution in [3.8, 4) is 5.75 Å². The number of rotatable bonds is 4. The zero-order chi connectivity index (χ0) is 12.3. The van der Waals surface area contributed by atoms with E-state index in [1.807, 2.05) is 12.1 Å². The molecule has 4 heteroatoms. The summed E-state index contributed by atoms with van der Waals surface area (Å²) in [7, 11) is 1.61. The molecular formula is C12H18BrNO2. The van der Waals surface area contributed by atoms with E-state index in [0.717, 1.165) is 15.8 Å². The van der Waals surface area contributed by atoms with Crippen LogP contribution in [-0.4, -0.2) is 18.8 Å². The first-order valence-corrected chi connectivity index (χ1v) is 6.04. The van der Waals surface area contributed by atoms with Gasteiger partial charge in [0, 0.05) is 10.0 Å². The van der Waals surface area contributed by atoms with E-state index in [0.29, 0.717) is 5.92 Å². The van der Waals surface area contributed by atoms with Gasteiger partial charge in [0.15, 0.2) is 0 Å². The van der Waals surface area contributed by atoms with Gasteiger partial charge in [-0.15, -0.1) is 0 Å². The molecule has 1 aromatic rings. The Balaban J connectivity index is 3.26. The average molecular weight is 288 g/mol. The Morgan fingerprint density at radius 2 is 2.00 bits per heavy atom. The summed E-state index contributed by atoms with van der Waals surface area (Å²) < 4.78 is 6.30. The number of aliphatic hydroxyl groups is 1. The van der Waals surface area contributed by atoms with Gasteiger partial charge < -0.3 is 15.6 Å². The van der Waals surface area contributed by atoms with Gasteiger partial charge in [0.1, 0.15) is 5.75 Å². The molecule has 0 aromatic heterocycles. The smallest absolute Gasteiger partial charge is 0.124 e. The minimum absolute atomic E-state index is 0.0934. The second-order valence-electron chi connectivity index (χ2n) is 4.06. The van der Waals surface area contributed by atoms with Gasteiger partial charge in [-0.3, -0.25) is 0 Å². The number of benzene rings is 1. The molecule has 0 spiro atoms. The minimum Gasteiger partial charge on any atom is -0.496 e. The normalized spacial score (nSPS) is 12.9. The number of nitrogens with two attached hydrogens (primary N) is 1. The van der Waals surface area contributed by atoms with E-state index in [4.69, 9.17) is 15.6 Å². The fourth-order valence-electron chi connectivity index (χ4n) is 1.59. The van der Waals surface area contributed by atoms with Gasteiger partial charge in [-0.05, 0) is 23.6 Å². The number of halogens is 1. The third-order valence-corrected chi connectivity index (χ3v) is 3.25. The van der Waals surface area contributed by atoms with Crippen molar-refractivity contribution in [2.75, 3.05) is 13.7 Å². The van der Waals surface area contributed by atoms with Crippen molar-refractivity contribution in [2.45, 2.75) is 25.8 Å². The van der Waals surface area contributed by atoms with Gasteiger partial charge in [0.2, 0.25) is 0 Å². The fourth-order valence-corrected chi connectivity index (χ4v) is 2.41. The van der Waals surface area contributed by atoms with Crippen LogP contribution < -0.4 is 10.5 Å². The average Bonchev–Trinajstić information content (AvgIpc) is 2.27. The Bertz CT molecular complexity index is 366. The highest BCUT2D eigenvalue weighted by Crippen LogP contribution is 2.34. The summed E-state index contributed by atoms with van der Waals surface area (Å²) in [6, 6.07) is 3.49. The molecule has 0 saturated heterocycles. The SMILES string of the molecule is COc1cc(C(C)C)c(Br)cc1C(N)CO. The van der Waals surface area contributed by atoms with Crippen molar-refractivity contribution in [3.05, 3.63) is 27.7 Å². The van der Waals surface area contributed by atoms with Crippen LogP contribution in [0.2, 0.25) is 0 Å². The first kappa shape index (κ1) is 13.5. The van der Waals surface area contributed by atoms with Crippen molar-refractivity contribution >= 4 is 15.9 Å². The highest BCUT2D eigenvalue weighted by atomic mass is 79.9. The monoisotopic (exact) mass is 287 g/mol. The lowest BCUT2D eigenvalue weighted by atomic mass is 9.98. The molecule has 3 N–H and O–H groups in total. The topological polar surface area (TPSA) is 55.5 Å². The van der Waals surface area contributed by atoms with E-state index in [-0.39, 0.29) is 6.61 Å². The van der Waals surface area contributed by atoms with Crippen molar-refractivity contribution in [1.29, 1.82) is 0 Å². The second-order valence-corrected chi connectivity index (χ2v) is 4.91. The van der Waals surface area contributed by atoms with E-state index in [1.54, 1.807) is 7.11 Å². The standard InChI is InChI=1S/C12H18BrNO2/c1-7(2)8-5-12(16-3)9(4-10(8)13)11(14)6-15/h4-5,7,11,15H,6,14H2,1-3H3. The molecule has 0 aliphatic heterocycles. The molecule has 0 aliphatic rings. The third kappa shape index (κ3) is 2.75. The summed E-state index contributed by atoms with van der Waals surface area (Å²) in [4.78, 5) is 0. The van der Waals surface area contributed by atoms with Crippen LogP contribution in [0, 0.1) is 0 Å². The summed E-state index contributed by atoms with van der Waals surface area (Å²) in [5.41, 5.74) is 7.81. The van der Waals surface area contributed by atoms with E-state index < -0.39 is 6.04 Å². The molecule has 1 aromatic carbocycles. The Morgan fingerprint density at radius 3 is 2.44 bits per heavy atom. The number of aliphatic hydroxyl groups excluding tert-OH is 1. The van der Waals surface area contributed by atoms with Crippen LogP contribution in [0.1, 0.15) is 36.9 Å². The van der Waals surface area contributed by atoms with E-state index in [2.05, 4.69) is 29.8 Å². The predicted molar refractivity (Wildman–Crippen MR) is 68.8 cm³/mol. The highest BCUT2D eigenvalue weighted by molar-refractivity contribution is 9.10. The van der Waals surface area contributed by atoms with Crippen molar-refractivity contribution in [2.24, 2.45) is 5.73 Å². The fraction of sp³-hybridized carbons (Fsp3) is 0.500. The predicted octanol–water partition coefficient (Wildman–Crippen LogP) is 2.57. The Labute approximate surface area is 105 Å². The van der Waals surface area contributed by atoms with Crippen LogP contribution in [0.3, 0.4) is 0 Å². The molecule has 0 heterocycles. The van der Waals surface area contributed by atoms with Gasteiger partial charge in [-0.2, -0.15) is 0 Å². The number of hydrogen-bond acceptors (Lipinski definition) is 3. The molecule has 0 saturated carbocycles. The van der Waals surface area contributed by atoms with Crippen LogP contribution in [0.5, 0.6) is 5.75 Å². The van der Waals surface area contributed by atoms with E-state index >= 15 is 0 Å². The molecule has 0 radical (unpaired) electrons. The first-order valence-electron chi connectivity index (χ1n) is 5.25. The van der Waals surface area contributed by atoms with Gasteiger partial charge >= 0.3 is 0 Å². The number of methoxy groups -OCH3 is 1. The number of ether oxygens (including phenoxy) is 1. The Kier molecular flexibility index (Phi) is 4.77. The lowest BCUT2D eigenvalue weighted by Crippen LogP contribution is -2.16. The van der Waals surface area contributed by atoms with E-state index in [9.17, 15) is 0 Å². The summed E-state index contributed by atoms with van der Waals surface area (Å²) in [6.45, 7) is 4.14. The zero-order valence-electron chi connectivity index (χ0n) is 9.83. The summed E-state index contributed by atoms with van der Waals surface area (Å²) >= 11 is 3.52. The van der Waals surface area contributed by atoms with Crippen LogP contribution in [0.4, 0.5) is 0 Å². The lowest BCUT2D eigenvalue weighted by molar-refractivity contribution is 0.264. The summed E-state index contributed by atoms with van der Waals surface area (Å²) in [6.07, 6.45) is 0. The van der Waals surface area contributed by atoms with Gasteiger partial charge in [-0.1, -0.05) is 29.8 Å². The molecule has 90 valence electrons. The molecule has 1 atom stereocenters. The highest BCUT2D eigenvalue weighted by Gasteiger charge is 2.15. The quantitative estimate of drug-likeness (QED) is 0.895. The molecular weight excluding hydrogens is 270 g/mol. The largest absolute Gasteiger partial charge is 0.496 e. The van der Waals surface area contributed by atoms with Gasteiger partial charge in [-0.25, -0.2) is 0 Å². The molecule has 1 rings (SSSR count). The minimum atomic E-state index is -0.410. The maximum Gasteiger partial charge on any atom is 0.124 e. The van der Waals surface area contributed by atoms with Gasteiger partial charge in [0.25, 0.3) is 0 Å². The van der Waals surface area contributed by atoms with Crippen LogP contribution in [0.15, 0.2) is 16.6 Å². The maximum atomic E-state index is 9.08. The van der Waals surface area contributed by atoms with Crippen molar-refractivity contribution in [3.63, 3.8) is 0 Å². The molecule has 1 unspecified atom stereocenters. The van der Waals surface area contributed by atoms with Crippen LogP contribution >= 0.6 is 15.9 Å². The van der Waals surface area contributed by atoms with Crippen LogP contribution in [0.25, 0.3) is 0 Å². The lowest BCUT2D eigenvalue weighted by Gasteiger charge is -2.17. The van der Waals surface area contributed by atoms with Crippen molar-refractivity contribution < 1.29 is 9.84 Å². The summed E-state index contributed by atoms with van der Waals surface area (Å²) in [5, 5.41) is 9.08. The third-order valence-electron chi connectivity index (χ3n) is 2.57. The Morgan fingerprint density at radius 1 is 1.38 bits per heavy atom. The van der Waals surface area contributed by atoms with Crippen LogP contribution in [-0.2, 0) is 0 Å². The molecule has 3 nitrogen and oxygen atoms in total. The van der Waals surface area contributed by atoms with Gasteiger partial charge in [0.05, 0.1) is 19.8 Å².